The van der Waals surface area contributed by atoms with E-state index in [2.05, 4.69) is 25.9 Å². The van der Waals surface area contributed by atoms with Gasteiger partial charge in [-0.3, -0.25) is 4.79 Å². The zero-order chi connectivity index (χ0) is 26.6. The summed E-state index contributed by atoms with van der Waals surface area (Å²) in [4.78, 5) is 15.1. The topological polar surface area (TPSA) is 168 Å². The second-order valence-electron chi connectivity index (χ2n) is 8.99. The van der Waals surface area contributed by atoms with Gasteiger partial charge in [0.1, 0.15) is 18.0 Å². The molecule has 0 saturated carbocycles. The molecule has 3 aromatic rings. The lowest BCUT2D eigenvalue weighted by Gasteiger charge is -2.41. The summed E-state index contributed by atoms with van der Waals surface area (Å²) in [6.07, 6.45) is -3.73. The number of aliphatic hydroxyl groups is 2. The molecule has 0 radical (unpaired) electrons. The number of hydrogen-bond acceptors (Lipinski definition) is 9. The van der Waals surface area contributed by atoms with Crippen LogP contribution in [0.3, 0.4) is 0 Å². The summed E-state index contributed by atoms with van der Waals surface area (Å²) in [5.74, 6) is -1.43. The molecule has 198 valence electrons. The molecule has 13 heteroatoms. The van der Waals surface area contributed by atoms with Crippen molar-refractivity contribution >= 4 is 15.9 Å². The van der Waals surface area contributed by atoms with Crippen LogP contribution < -0.4 is 15.6 Å². The number of nitrogens with zero attached hydrogens (tertiary/aromatic N) is 3. The van der Waals surface area contributed by atoms with Crippen molar-refractivity contribution in [2.45, 2.75) is 56.4 Å². The fraction of sp³-hybridized carbons (Fsp3) is 0.375. The minimum atomic E-state index is -3.94. The number of hydrogen-bond donors (Lipinski definition) is 5. The lowest BCUT2D eigenvalue weighted by Crippen LogP contribution is -2.63. The number of sulfonamides is 1. The fourth-order valence-electron chi connectivity index (χ4n) is 3.87. The Hall–Kier alpha value is -3.20. The van der Waals surface area contributed by atoms with Gasteiger partial charge in [-0.25, -0.2) is 18.5 Å². The number of amides is 1. The van der Waals surface area contributed by atoms with Crippen LogP contribution in [0.15, 0.2) is 65.7 Å². The summed E-state index contributed by atoms with van der Waals surface area (Å²) in [6, 6.07) is 15.9. The van der Waals surface area contributed by atoms with E-state index in [-0.39, 0.29) is 11.4 Å². The molecule has 1 fully saturated rings. The molecule has 1 saturated heterocycles. The number of aromatic nitrogens is 3. The normalized spacial score (nSPS) is 24.1. The molecule has 2 heterocycles. The summed E-state index contributed by atoms with van der Waals surface area (Å²) < 4.78 is 32.5. The van der Waals surface area contributed by atoms with E-state index < -0.39 is 46.4 Å². The van der Waals surface area contributed by atoms with E-state index in [0.29, 0.717) is 12.2 Å². The van der Waals surface area contributed by atoms with E-state index in [1.165, 1.54) is 12.1 Å². The Labute approximate surface area is 214 Å². The average Bonchev–Trinajstić information content (AvgIpc) is 3.33. The van der Waals surface area contributed by atoms with Crippen molar-refractivity contribution in [1.29, 1.82) is 0 Å². The van der Waals surface area contributed by atoms with Gasteiger partial charge in [0, 0.05) is 5.92 Å². The van der Waals surface area contributed by atoms with Crippen molar-refractivity contribution in [2.24, 2.45) is 5.92 Å². The molecule has 5 atom stereocenters. The lowest BCUT2D eigenvalue weighted by molar-refractivity contribution is -0.207. The summed E-state index contributed by atoms with van der Waals surface area (Å²) >= 11 is 0. The molecule has 5 N–H and O–H groups in total. The average molecular weight is 531 g/mol. The number of hydrazine groups is 1. The first-order chi connectivity index (χ1) is 17.6. The molecule has 37 heavy (non-hydrogen) atoms. The highest BCUT2D eigenvalue weighted by molar-refractivity contribution is 7.89. The first-order valence-corrected chi connectivity index (χ1v) is 13.2. The van der Waals surface area contributed by atoms with Crippen LogP contribution >= 0.6 is 0 Å². The number of ether oxygens (including phenoxy) is 1. The highest BCUT2D eigenvalue weighted by atomic mass is 32.2. The van der Waals surface area contributed by atoms with Crippen LogP contribution in [0, 0.1) is 12.8 Å². The van der Waals surface area contributed by atoms with Gasteiger partial charge in [-0.15, -0.1) is 9.93 Å². The Bertz CT molecular complexity index is 1300. The predicted octanol–water partition coefficient (Wildman–Crippen LogP) is -0.183. The van der Waals surface area contributed by atoms with Crippen LogP contribution in [0.5, 0.6) is 0 Å². The smallest absolute Gasteiger partial charge is 0.253 e. The molecule has 2 aromatic carbocycles. The van der Waals surface area contributed by atoms with Crippen molar-refractivity contribution in [3.05, 3.63) is 77.6 Å². The van der Waals surface area contributed by atoms with Gasteiger partial charge in [-0.2, -0.15) is 0 Å². The maximum atomic E-state index is 12.8. The van der Waals surface area contributed by atoms with Gasteiger partial charge in [-0.05, 0) is 24.6 Å². The summed E-state index contributed by atoms with van der Waals surface area (Å²) in [7, 11) is -3.94. The highest BCUT2D eigenvalue weighted by Crippen LogP contribution is 2.25. The molecule has 1 amide bonds. The van der Waals surface area contributed by atoms with Crippen LogP contribution in [-0.4, -0.2) is 64.1 Å². The van der Waals surface area contributed by atoms with Gasteiger partial charge >= 0.3 is 0 Å². The molecule has 1 aliphatic heterocycles. The molecule has 1 aromatic heterocycles. The molecule has 0 spiro atoms. The number of nitrogens with one attached hydrogen (secondary N) is 3. The number of aryl methyl sites for hydroxylation is 1. The van der Waals surface area contributed by atoms with Gasteiger partial charge in [0.15, 0.2) is 6.10 Å². The van der Waals surface area contributed by atoms with Crippen molar-refractivity contribution in [1.82, 2.24) is 30.6 Å². The van der Waals surface area contributed by atoms with Gasteiger partial charge in [0.05, 0.1) is 30.3 Å². The van der Waals surface area contributed by atoms with E-state index in [0.717, 1.165) is 11.1 Å². The molecule has 4 rings (SSSR count). The number of rotatable bonds is 9. The largest absolute Gasteiger partial charge is 0.390 e. The zero-order valence-corrected chi connectivity index (χ0v) is 21.2. The summed E-state index contributed by atoms with van der Waals surface area (Å²) in [5, 5.41) is 31.7. The zero-order valence-electron chi connectivity index (χ0n) is 20.4. The fourth-order valence-corrected chi connectivity index (χ4v) is 4.76. The van der Waals surface area contributed by atoms with Crippen molar-refractivity contribution in [3.63, 3.8) is 0 Å². The first kappa shape index (κ1) is 26.9. The van der Waals surface area contributed by atoms with Crippen LogP contribution in [0.1, 0.15) is 23.7 Å². The van der Waals surface area contributed by atoms with Crippen molar-refractivity contribution < 1.29 is 28.2 Å². The molecule has 3 unspecified atom stereocenters. The van der Waals surface area contributed by atoms with Gasteiger partial charge in [0.2, 0.25) is 0 Å². The van der Waals surface area contributed by atoms with Gasteiger partial charge in [-0.1, -0.05) is 60.2 Å². The molecule has 12 nitrogen and oxygen atoms in total. The highest BCUT2D eigenvalue weighted by Gasteiger charge is 2.45. The van der Waals surface area contributed by atoms with E-state index in [1.54, 1.807) is 29.9 Å². The van der Waals surface area contributed by atoms with Crippen molar-refractivity contribution in [2.75, 3.05) is 0 Å². The van der Waals surface area contributed by atoms with Crippen LogP contribution in [0.25, 0.3) is 0 Å². The molecule has 1 aliphatic rings. The number of benzene rings is 2. The quantitative estimate of drug-likeness (QED) is 0.236. The van der Waals surface area contributed by atoms with Crippen LogP contribution in [0.4, 0.5) is 0 Å². The molecular formula is C24H30N6O6S. The minimum Gasteiger partial charge on any atom is -0.390 e. The number of carbonyl (C=O) groups excluding carboxylic acids is 1. The lowest BCUT2D eigenvalue weighted by atomic mass is 9.91. The second kappa shape index (κ2) is 11.5. The third kappa shape index (κ3) is 6.57. The van der Waals surface area contributed by atoms with Gasteiger partial charge < -0.3 is 20.3 Å². The minimum absolute atomic E-state index is 0.0179. The Kier molecular flexibility index (Phi) is 8.32. The number of aliphatic hydroxyl groups excluding tert-OH is 2. The predicted molar refractivity (Wildman–Crippen MR) is 132 cm³/mol. The van der Waals surface area contributed by atoms with E-state index in [9.17, 15) is 23.4 Å². The molecule has 0 bridgehead atoms. The van der Waals surface area contributed by atoms with E-state index in [1.807, 2.05) is 37.3 Å². The third-order valence-electron chi connectivity index (χ3n) is 6.11. The number of carbonyl (C=O) groups is 1. The molecule has 0 aliphatic carbocycles. The Balaban J connectivity index is 1.35. The van der Waals surface area contributed by atoms with Gasteiger partial charge in [0.25, 0.3) is 15.9 Å². The molecular weight excluding hydrogens is 500 g/mol. The monoisotopic (exact) mass is 530 g/mol. The Morgan fingerprint density at radius 2 is 1.78 bits per heavy atom. The Morgan fingerprint density at radius 3 is 2.49 bits per heavy atom. The Morgan fingerprint density at radius 1 is 1.08 bits per heavy atom. The maximum absolute atomic E-state index is 12.8. The van der Waals surface area contributed by atoms with Crippen LogP contribution in [-0.2, 0) is 32.6 Å². The second-order valence-corrected chi connectivity index (χ2v) is 10.7. The third-order valence-corrected chi connectivity index (χ3v) is 7.39. The van der Waals surface area contributed by atoms with Crippen LogP contribution in [0.2, 0.25) is 0 Å². The van der Waals surface area contributed by atoms with E-state index >= 15 is 0 Å². The SMILES string of the molecule is Cc1ccc(S(=O)(=O)NN[C@@H]2OC(C(=O)NCc3cn(Cc4ccccc4)nn3)[C@@H](O)C(O)C2C)cc1. The summed E-state index contributed by atoms with van der Waals surface area (Å²) in [5.41, 5.74) is 4.96. The standard InChI is InChI=1S/C24H30N6O6S/c1-15-8-10-19(11-9-15)37(34,35)29-27-24-16(2)20(31)21(32)22(36-24)23(33)25-12-18-14-30(28-26-18)13-17-6-4-3-5-7-17/h3-11,14,16,20-22,24,27,29,31-32H,12-13H2,1-2H3,(H,25,33)/t16?,20?,21-,22?,24+/m0/s1. The first-order valence-electron chi connectivity index (χ1n) is 11.7. The summed E-state index contributed by atoms with van der Waals surface area (Å²) in [6.45, 7) is 3.93. The van der Waals surface area contributed by atoms with Crippen molar-refractivity contribution in [3.8, 4) is 0 Å². The van der Waals surface area contributed by atoms with E-state index in [4.69, 9.17) is 4.74 Å². The maximum Gasteiger partial charge on any atom is 0.253 e.